The molecule has 1 amide bonds. The topological polar surface area (TPSA) is 63.6 Å². The van der Waals surface area contributed by atoms with E-state index < -0.39 is 0 Å². The molecule has 0 spiro atoms. The molecule has 5 nitrogen and oxygen atoms in total. The molecule has 0 radical (unpaired) electrons. The fourth-order valence-corrected chi connectivity index (χ4v) is 1.92. The van der Waals surface area contributed by atoms with Crippen molar-refractivity contribution in [1.82, 2.24) is 10.4 Å². The zero-order valence-corrected chi connectivity index (χ0v) is 12.2. The second kappa shape index (κ2) is 7.40. The Bertz CT molecular complexity index is 645. The number of carbonyl (C=O) groups is 1. The predicted molar refractivity (Wildman–Crippen MR) is 81.9 cm³/mol. The van der Waals surface area contributed by atoms with Crippen molar-refractivity contribution in [3.05, 3.63) is 58.9 Å². The highest BCUT2D eigenvalue weighted by atomic mass is 35.5. The molecule has 2 aromatic rings. The molecule has 1 aromatic carbocycles. The normalized spacial score (nSPS) is 10.6. The van der Waals surface area contributed by atoms with Crippen LogP contribution in [0.5, 0.6) is 5.75 Å². The molecule has 1 N–H and O–H groups in total. The number of ether oxygens (including phenoxy) is 1. The van der Waals surface area contributed by atoms with Gasteiger partial charge in [0.2, 0.25) is 0 Å². The van der Waals surface area contributed by atoms with Crippen LogP contribution in [0.3, 0.4) is 0 Å². The number of carbonyl (C=O) groups excluding carboxylic acids is 1. The summed E-state index contributed by atoms with van der Waals surface area (Å²) in [6.45, 7) is 0. The zero-order chi connectivity index (χ0) is 15.1. The van der Waals surface area contributed by atoms with Crippen molar-refractivity contribution in [1.29, 1.82) is 0 Å². The SMILES string of the molecule is COc1ccc(Cl)cc1C/C=N\NC(=O)c1ccncc1. The van der Waals surface area contributed by atoms with E-state index in [1.807, 2.05) is 0 Å². The first-order chi connectivity index (χ1) is 10.2. The molecule has 0 aliphatic carbocycles. The molecular formula is C15H14ClN3O2. The van der Waals surface area contributed by atoms with Gasteiger partial charge in [-0.15, -0.1) is 0 Å². The van der Waals surface area contributed by atoms with Gasteiger partial charge in [0.05, 0.1) is 7.11 Å². The number of hydrogen-bond donors (Lipinski definition) is 1. The fraction of sp³-hybridized carbons (Fsp3) is 0.133. The molecule has 2 rings (SSSR count). The molecule has 108 valence electrons. The van der Waals surface area contributed by atoms with E-state index >= 15 is 0 Å². The Morgan fingerprint density at radius 3 is 2.86 bits per heavy atom. The maximum atomic E-state index is 11.7. The molecule has 1 aromatic heterocycles. The third kappa shape index (κ3) is 4.29. The van der Waals surface area contributed by atoms with Crippen molar-refractivity contribution in [3.8, 4) is 5.75 Å². The van der Waals surface area contributed by atoms with Gasteiger partial charge in [0.1, 0.15) is 5.75 Å². The molecule has 0 fully saturated rings. The Balaban J connectivity index is 1.94. The summed E-state index contributed by atoms with van der Waals surface area (Å²) in [7, 11) is 1.59. The number of nitrogens with zero attached hydrogens (tertiary/aromatic N) is 2. The lowest BCUT2D eigenvalue weighted by Gasteiger charge is -2.06. The summed E-state index contributed by atoms with van der Waals surface area (Å²) in [6.07, 6.45) is 5.19. The number of aromatic nitrogens is 1. The summed E-state index contributed by atoms with van der Waals surface area (Å²) in [6, 6.07) is 8.58. The van der Waals surface area contributed by atoms with Crippen molar-refractivity contribution in [2.24, 2.45) is 5.10 Å². The van der Waals surface area contributed by atoms with Gasteiger partial charge in [-0.3, -0.25) is 9.78 Å². The van der Waals surface area contributed by atoms with Crippen molar-refractivity contribution in [3.63, 3.8) is 0 Å². The highest BCUT2D eigenvalue weighted by Gasteiger charge is 2.04. The second-order valence-electron chi connectivity index (χ2n) is 4.15. The van der Waals surface area contributed by atoms with E-state index in [0.29, 0.717) is 17.0 Å². The Morgan fingerprint density at radius 1 is 1.38 bits per heavy atom. The van der Waals surface area contributed by atoms with Crippen LogP contribution in [0.25, 0.3) is 0 Å². The van der Waals surface area contributed by atoms with Gasteiger partial charge in [0.25, 0.3) is 5.91 Å². The molecule has 1 heterocycles. The van der Waals surface area contributed by atoms with Gasteiger partial charge in [-0.1, -0.05) is 11.6 Å². The van der Waals surface area contributed by atoms with Crippen LogP contribution in [0.15, 0.2) is 47.8 Å². The average Bonchev–Trinajstić information content (AvgIpc) is 2.52. The van der Waals surface area contributed by atoms with E-state index in [9.17, 15) is 4.79 Å². The summed E-state index contributed by atoms with van der Waals surface area (Å²) in [4.78, 5) is 15.6. The van der Waals surface area contributed by atoms with Crippen molar-refractivity contribution >= 4 is 23.7 Å². The quantitative estimate of drug-likeness (QED) is 0.682. The monoisotopic (exact) mass is 303 g/mol. The number of pyridine rings is 1. The molecule has 6 heteroatoms. The lowest BCUT2D eigenvalue weighted by molar-refractivity contribution is 0.0955. The Kier molecular flexibility index (Phi) is 5.29. The highest BCUT2D eigenvalue weighted by Crippen LogP contribution is 2.22. The Hall–Kier alpha value is -2.40. The van der Waals surface area contributed by atoms with Crippen molar-refractivity contribution in [2.45, 2.75) is 6.42 Å². The van der Waals surface area contributed by atoms with Gasteiger partial charge in [0.15, 0.2) is 0 Å². The van der Waals surface area contributed by atoms with Crippen LogP contribution >= 0.6 is 11.6 Å². The molecule has 0 saturated carbocycles. The Morgan fingerprint density at radius 2 is 2.14 bits per heavy atom. The van der Waals surface area contributed by atoms with Crippen LogP contribution in [0.4, 0.5) is 0 Å². The van der Waals surface area contributed by atoms with E-state index in [1.165, 1.54) is 0 Å². The van der Waals surface area contributed by atoms with Crippen molar-refractivity contribution < 1.29 is 9.53 Å². The van der Waals surface area contributed by atoms with Gasteiger partial charge < -0.3 is 4.74 Å². The van der Waals surface area contributed by atoms with Crippen LogP contribution in [0.1, 0.15) is 15.9 Å². The Labute approximate surface area is 127 Å². The van der Waals surface area contributed by atoms with E-state index in [-0.39, 0.29) is 5.91 Å². The molecule has 0 aliphatic rings. The van der Waals surface area contributed by atoms with E-state index in [1.54, 1.807) is 56.0 Å². The van der Waals surface area contributed by atoms with Gasteiger partial charge in [-0.25, -0.2) is 5.43 Å². The summed E-state index contributed by atoms with van der Waals surface area (Å²) in [5, 5.41) is 4.53. The van der Waals surface area contributed by atoms with E-state index in [4.69, 9.17) is 16.3 Å². The average molecular weight is 304 g/mol. The lowest BCUT2D eigenvalue weighted by Crippen LogP contribution is -2.17. The fourth-order valence-electron chi connectivity index (χ4n) is 1.72. The van der Waals surface area contributed by atoms with Crippen LogP contribution in [-0.2, 0) is 6.42 Å². The maximum absolute atomic E-state index is 11.7. The number of rotatable bonds is 5. The summed E-state index contributed by atoms with van der Waals surface area (Å²) < 4.78 is 5.23. The number of halogens is 1. The van der Waals surface area contributed by atoms with Gasteiger partial charge in [0, 0.05) is 41.2 Å². The number of benzene rings is 1. The first-order valence-corrected chi connectivity index (χ1v) is 6.63. The molecule has 0 aliphatic heterocycles. The first-order valence-electron chi connectivity index (χ1n) is 6.25. The van der Waals surface area contributed by atoms with Gasteiger partial charge in [-0.05, 0) is 30.3 Å². The number of nitrogens with one attached hydrogen (secondary N) is 1. The first kappa shape index (κ1) is 15.0. The highest BCUT2D eigenvalue weighted by molar-refractivity contribution is 6.30. The van der Waals surface area contributed by atoms with E-state index in [0.717, 1.165) is 11.3 Å². The number of methoxy groups -OCH3 is 1. The van der Waals surface area contributed by atoms with Crippen LogP contribution in [0.2, 0.25) is 5.02 Å². The molecule has 0 unspecified atom stereocenters. The third-order valence-electron chi connectivity index (χ3n) is 2.75. The maximum Gasteiger partial charge on any atom is 0.271 e. The predicted octanol–water partition coefficient (Wildman–Crippen LogP) is 2.70. The minimum absolute atomic E-state index is 0.285. The van der Waals surface area contributed by atoms with Crippen LogP contribution in [0, 0.1) is 0 Å². The number of hydrazone groups is 1. The van der Waals surface area contributed by atoms with Crippen LogP contribution < -0.4 is 10.2 Å². The molecule has 21 heavy (non-hydrogen) atoms. The third-order valence-corrected chi connectivity index (χ3v) is 2.99. The molecular weight excluding hydrogens is 290 g/mol. The minimum atomic E-state index is -0.285. The zero-order valence-electron chi connectivity index (χ0n) is 11.4. The van der Waals surface area contributed by atoms with Crippen LogP contribution in [-0.4, -0.2) is 24.2 Å². The van der Waals surface area contributed by atoms with Crippen molar-refractivity contribution in [2.75, 3.05) is 7.11 Å². The second-order valence-corrected chi connectivity index (χ2v) is 4.59. The lowest BCUT2D eigenvalue weighted by atomic mass is 10.1. The summed E-state index contributed by atoms with van der Waals surface area (Å²) >= 11 is 5.94. The molecule has 0 bridgehead atoms. The van der Waals surface area contributed by atoms with Gasteiger partial charge >= 0.3 is 0 Å². The smallest absolute Gasteiger partial charge is 0.271 e. The molecule has 0 atom stereocenters. The summed E-state index contributed by atoms with van der Waals surface area (Å²) in [5.74, 6) is 0.443. The standard InChI is InChI=1S/C15H14ClN3O2/c1-21-14-3-2-13(16)10-12(14)6-9-18-19-15(20)11-4-7-17-8-5-11/h2-5,7-10H,6H2,1H3,(H,19,20)/b18-9-. The minimum Gasteiger partial charge on any atom is -0.496 e. The van der Waals surface area contributed by atoms with E-state index in [2.05, 4.69) is 15.5 Å². The number of amides is 1. The molecule has 0 saturated heterocycles. The summed E-state index contributed by atoms with van der Waals surface area (Å²) in [5.41, 5.74) is 3.85. The largest absolute Gasteiger partial charge is 0.496 e. The van der Waals surface area contributed by atoms with Gasteiger partial charge in [-0.2, -0.15) is 5.10 Å². The number of hydrogen-bond acceptors (Lipinski definition) is 4.